The molecule has 21 heavy (non-hydrogen) atoms. The zero-order valence-electron chi connectivity index (χ0n) is 13.9. The van der Waals surface area contributed by atoms with Crippen LogP contribution in [0.15, 0.2) is 18.3 Å². The lowest BCUT2D eigenvalue weighted by atomic mass is 9.80. The molecular weight excluding hydrogens is 262 g/mol. The molecule has 0 aliphatic carbocycles. The van der Waals surface area contributed by atoms with Gasteiger partial charge < -0.3 is 15.0 Å². The number of rotatable bonds is 6. The van der Waals surface area contributed by atoms with Crippen LogP contribution in [0.1, 0.15) is 32.8 Å². The van der Waals surface area contributed by atoms with Crippen LogP contribution in [0.25, 0.3) is 0 Å². The van der Waals surface area contributed by atoms with Gasteiger partial charge in [0, 0.05) is 39.5 Å². The molecule has 0 saturated carbocycles. The van der Waals surface area contributed by atoms with Crippen molar-refractivity contribution in [1.29, 1.82) is 0 Å². The van der Waals surface area contributed by atoms with Crippen molar-refractivity contribution in [2.45, 2.75) is 33.7 Å². The maximum atomic E-state index is 5.02. The van der Waals surface area contributed by atoms with Crippen molar-refractivity contribution < 1.29 is 4.74 Å². The van der Waals surface area contributed by atoms with Crippen LogP contribution in [0, 0.1) is 11.3 Å². The van der Waals surface area contributed by atoms with E-state index in [0.717, 1.165) is 44.5 Å². The van der Waals surface area contributed by atoms with Gasteiger partial charge >= 0.3 is 0 Å². The largest absolute Gasteiger partial charge is 0.383 e. The van der Waals surface area contributed by atoms with E-state index in [4.69, 9.17) is 4.74 Å². The van der Waals surface area contributed by atoms with Crippen molar-refractivity contribution in [1.82, 2.24) is 10.3 Å². The van der Waals surface area contributed by atoms with Gasteiger partial charge in [-0.2, -0.15) is 0 Å². The number of aromatic nitrogens is 1. The zero-order valence-corrected chi connectivity index (χ0v) is 13.9. The van der Waals surface area contributed by atoms with Crippen molar-refractivity contribution in [2.24, 2.45) is 11.3 Å². The van der Waals surface area contributed by atoms with Crippen LogP contribution in [0.3, 0.4) is 0 Å². The molecule has 1 N–H and O–H groups in total. The molecule has 1 fully saturated rings. The lowest BCUT2D eigenvalue weighted by Gasteiger charge is -2.27. The fourth-order valence-corrected chi connectivity index (χ4v) is 2.79. The van der Waals surface area contributed by atoms with E-state index in [1.165, 1.54) is 12.0 Å². The van der Waals surface area contributed by atoms with Crippen LogP contribution >= 0.6 is 0 Å². The smallest absolute Gasteiger partial charge is 0.128 e. The number of hydrogen-bond acceptors (Lipinski definition) is 4. The lowest BCUT2D eigenvalue weighted by Crippen LogP contribution is -2.26. The summed E-state index contributed by atoms with van der Waals surface area (Å²) in [7, 11) is 1.72. The summed E-state index contributed by atoms with van der Waals surface area (Å²) in [4.78, 5) is 7.05. The van der Waals surface area contributed by atoms with Gasteiger partial charge in [0.15, 0.2) is 0 Å². The number of methoxy groups -OCH3 is 1. The second-order valence-corrected chi connectivity index (χ2v) is 6.99. The Hall–Kier alpha value is -1.13. The van der Waals surface area contributed by atoms with Gasteiger partial charge in [-0.15, -0.1) is 0 Å². The minimum atomic E-state index is 0.389. The first kappa shape index (κ1) is 16.2. The standard InChI is InChI=1S/C17H29N3O/c1-17(2,3)15-7-9-20(13-15)16-6-5-14(12-19-16)11-18-8-10-21-4/h5-6,12,15,18H,7-11,13H2,1-4H3. The summed E-state index contributed by atoms with van der Waals surface area (Å²) in [5.74, 6) is 1.87. The summed E-state index contributed by atoms with van der Waals surface area (Å²) in [5.41, 5.74) is 1.61. The van der Waals surface area contributed by atoms with E-state index < -0.39 is 0 Å². The van der Waals surface area contributed by atoms with Gasteiger partial charge in [0.05, 0.1) is 6.61 Å². The van der Waals surface area contributed by atoms with E-state index in [1.54, 1.807) is 7.11 Å². The second kappa shape index (κ2) is 7.23. The maximum absolute atomic E-state index is 5.02. The Kier molecular flexibility index (Phi) is 5.59. The highest BCUT2D eigenvalue weighted by atomic mass is 16.5. The fourth-order valence-electron chi connectivity index (χ4n) is 2.79. The summed E-state index contributed by atoms with van der Waals surface area (Å²) in [6.45, 7) is 11.7. The number of nitrogens with zero attached hydrogens (tertiary/aromatic N) is 2. The van der Waals surface area contributed by atoms with Crippen molar-refractivity contribution in [3.05, 3.63) is 23.9 Å². The Morgan fingerprint density at radius 1 is 1.38 bits per heavy atom. The first-order valence-electron chi connectivity index (χ1n) is 7.90. The molecule has 0 spiro atoms. The van der Waals surface area contributed by atoms with E-state index in [-0.39, 0.29) is 0 Å². The number of anilines is 1. The molecule has 2 rings (SSSR count). The summed E-state index contributed by atoms with van der Waals surface area (Å²) >= 11 is 0. The van der Waals surface area contributed by atoms with Crippen molar-refractivity contribution >= 4 is 5.82 Å². The predicted octanol–water partition coefficient (Wildman–Crippen LogP) is 2.69. The molecule has 0 bridgehead atoms. The topological polar surface area (TPSA) is 37.4 Å². The van der Waals surface area contributed by atoms with Crippen LogP contribution in [-0.2, 0) is 11.3 Å². The van der Waals surface area contributed by atoms with Gasteiger partial charge in [-0.05, 0) is 29.4 Å². The van der Waals surface area contributed by atoms with Gasteiger partial charge in [0.2, 0.25) is 0 Å². The molecule has 0 amide bonds. The van der Waals surface area contributed by atoms with Gasteiger partial charge in [-0.3, -0.25) is 0 Å². The van der Waals surface area contributed by atoms with E-state index in [0.29, 0.717) is 5.41 Å². The third kappa shape index (κ3) is 4.68. The Bertz CT molecular complexity index is 425. The van der Waals surface area contributed by atoms with E-state index in [2.05, 4.69) is 48.1 Å². The molecule has 1 aliphatic rings. The predicted molar refractivity (Wildman–Crippen MR) is 87.6 cm³/mol. The van der Waals surface area contributed by atoms with Crippen molar-refractivity contribution in [2.75, 3.05) is 38.3 Å². The Balaban J connectivity index is 1.85. The average molecular weight is 291 g/mol. The van der Waals surface area contributed by atoms with Crippen LogP contribution in [-0.4, -0.2) is 38.3 Å². The van der Waals surface area contributed by atoms with E-state index >= 15 is 0 Å². The molecule has 118 valence electrons. The molecule has 2 heterocycles. The molecule has 1 atom stereocenters. The van der Waals surface area contributed by atoms with Gasteiger partial charge in [-0.25, -0.2) is 4.98 Å². The Labute approximate surface area is 128 Å². The molecule has 4 heteroatoms. The highest BCUT2D eigenvalue weighted by molar-refractivity contribution is 5.40. The number of ether oxygens (including phenoxy) is 1. The summed E-state index contributed by atoms with van der Waals surface area (Å²) in [6, 6.07) is 4.32. The average Bonchev–Trinajstić information content (AvgIpc) is 2.94. The minimum absolute atomic E-state index is 0.389. The van der Waals surface area contributed by atoms with Crippen LogP contribution in [0.5, 0.6) is 0 Å². The molecule has 1 aromatic heterocycles. The third-order valence-corrected chi connectivity index (χ3v) is 4.36. The Morgan fingerprint density at radius 2 is 2.19 bits per heavy atom. The molecule has 0 radical (unpaired) electrons. The normalized spacial score (nSPS) is 19.2. The summed E-state index contributed by atoms with van der Waals surface area (Å²) < 4.78 is 5.02. The van der Waals surface area contributed by atoms with Crippen molar-refractivity contribution in [3.8, 4) is 0 Å². The molecular formula is C17H29N3O. The first-order valence-corrected chi connectivity index (χ1v) is 7.90. The highest BCUT2D eigenvalue weighted by Gasteiger charge is 2.32. The monoisotopic (exact) mass is 291 g/mol. The quantitative estimate of drug-likeness (QED) is 0.818. The van der Waals surface area contributed by atoms with Gasteiger partial charge in [-0.1, -0.05) is 26.8 Å². The number of hydrogen-bond donors (Lipinski definition) is 1. The van der Waals surface area contributed by atoms with Crippen LogP contribution in [0.2, 0.25) is 0 Å². The molecule has 1 aliphatic heterocycles. The summed E-state index contributed by atoms with van der Waals surface area (Å²) in [5, 5.41) is 3.34. The number of nitrogens with one attached hydrogen (secondary N) is 1. The van der Waals surface area contributed by atoms with Gasteiger partial charge in [0.1, 0.15) is 5.82 Å². The highest BCUT2D eigenvalue weighted by Crippen LogP contribution is 2.34. The van der Waals surface area contributed by atoms with E-state index in [9.17, 15) is 0 Å². The SMILES string of the molecule is COCCNCc1ccc(N2CCC(C(C)(C)C)C2)nc1. The van der Waals surface area contributed by atoms with Crippen LogP contribution in [0.4, 0.5) is 5.82 Å². The molecule has 0 aromatic carbocycles. The lowest BCUT2D eigenvalue weighted by molar-refractivity contribution is 0.199. The van der Waals surface area contributed by atoms with Crippen LogP contribution < -0.4 is 10.2 Å². The minimum Gasteiger partial charge on any atom is -0.383 e. The Morgan fingerprint density at radius 3 is 2.76 bits per heavy atom. The van der Waals surface area contributed by atoms with Crippen molar-refractivity contribution in [3.63, 3.8) is 0 Å². The first-order chi connectivity index (χ1) is 10.0. The number of pyridine rings is 1. The van der Waals surface area contributed by atoms with E-state index in [1.807, 2.05) is 6.20 Å². The molecule has 4 nitrogen and oxygen atoms in total. The second-order valence-electron chi connectivity index (χ2n) is 6.99. The maximum Gasteiger partial charge on any atom is 0.128 e. The fraction of sp³-hybridized carbons (Fsp3) is 0.706. The summed E-state index contributed by atoms with van der Waals surface area (Å²) in [6.07, 6.45) is 3.26. The van der Waals surface area contributed by atoms with Gasteiger partial charge in [0.25, 0.3) is 0 Å². The molecule has 1 saturated heterocycles. The molecule has 1 aromatic rings. The molecule has 1 unspecified atom stereocenters. The third-order valence-electron chi connectivity index (χ3n) is 4.36. The zero-order chi connectivity index (χ0) is 15.3.